The molecule has 28 heavy (non-hydrogen) atoms. The Morgan fingerprint density at radius 1 is 1.00 bits per heavy atom. The molecule has 3 rings (SSSR count). The summed E-state index contributed by atoms with van der Waals surface area (Å²) in [5.74, 6) is -0.0629. The second-order valence-corrected chi connectivity index (χ2v) is 7.84. The van der Waals surface area contributed by atoms with E-state index < -0.39 is 0 Å². The molecule has 2 aromatic rings. The summed E-state index contributed by atoms with van der Waals surface area (Å²) in [5, 5.41) is 5.52. The fourth-order valence-corrected chi connectivity index (χ4v) is 4.07. The summed E-state index contributed by atoms with van der Waals surface area (Å²) in [6.45, 7) is 6.75. The van der Waals surface area contributed by atoms with Crippen LogP contribution in [-0.2, 0) is 4.79 Å². The molecule has 2 N–H and O–H groups in total. The van der Waals surface area contributed by atoms with E-state index in [0.717, 1.165) is 34.4 Å². The molecular formula is C21H25BrN4O2. The molecule has 148 valence electrons. The van der Waals surface area contributed by atoms with E-state index in [9.17, 15) is 9.59 Å². The minimum absolute atomic E-state index is 0.00814. The Morgan fingerprint density at radius 3 is 2.21 bits per heavy atom. The Hall–Kier alpha value is -2.54. The normalized spacial score (nSPS) is 14.0. The Labute approximate surface area is 174 Å². The van der Waals surface area contributed by atoms with Crippen molar-refractivity contribution in [1.29, 1.82) is 0 Å². The van der Waals surface area contributed by atoms with Crippen molar-refractivity contribution in [1.82, 2.24) is 10.2 Å². The van der Waals surface area contributed by atoms with Crippen LogP contribution in [0.25, 0.3) is 0 Å². The quantitative estimate of drug-likeness (QED) is 0.757. The summed E-state index contributed by atoms with van der Waals surface area (Å²) in [4.78, 5) is 28.7. The van der Waals surface area contributed by atoms with Gasteiger partial charge in [-0.3, -0.25) is 4.79 Å². The highest BCUT2D eigenvalue weighted by molar-refractivity contribution is 9.10. The minimum atomic E-state index is -0.371. The van der Waals surface area contributed by atoms with Gasteiger partial charge < -0.3 is 20.4 Å². The van der Waals surface area contributed by atoms with Gasteiger partial charge in [0.25, 0.3) is 0 Å². The number of aryl methyl sites for hydroxylation is 2. The number of nitrogens with one attached hydrogen (secondary N) is 2. The summed E-state index contributed by atoms with van der Waals surface area (Å²) in [6.07, 6.45) is 0. The molecule has 7 heteroatoms. The van der Waals surface area contributed by atoms with Crippen molar-refractivity contribution in [2.45, 2.75) is 13.8 Å². The highest BCUT2D eigenvalue weighted by Crippen LogP contribution is 2.25. The minimum Gasteiger partial charge on any atom is -0.368 e. The number of hydrogen-bond donors (Lipinski definition) is 2. The fourth-order valence-electron chi connectivity index (χ4n) is 3.39. The number of halogens is 1. The smallest absolute Gasteiger partial charge is 0.319 e. The van der Waals surface area contributed by atoms with E-state index in [0.29, 0.717) is 13.1 Å². The van der Waals surface area contributed by atoms with Crippen LogP contribution in [0.3, 0.4) is 0 Å². The summed E-state index contributed by atoms with van der Waals surface area (Å²) >= 11 is 3.44. The van der Waals surface area contributed by atoms with Crippen LogP contribution in [-0.4, -0.2) is 49.6 Å². The molecule has 1 aliphatic heterocycles. The maximum atomic E-state index is 12.4. The molecule has 0 aromatic heterocycles. The number of piperazine rings is 1. The van der Waals surface area contributed by atoms with Crippen LogP contribution in [0.2, 0.25) is 0 Å². The van der Waals surface area contributed by atoms with Crippen molar-refractivity contribution in [3.8, 4) is 0 Å². The number of rotatable bonds is 4. The summed E-state index contributed by atoms with van der Waals surface area (Å²) in [6, 6.07) is 13.7. The Balaban J connectivity index is 1.46. The Kier molecular flexibility index (Phi) is 6.57. The zero-order chi connectivity index (χ0) is 20.1. The number of nitrogens with zero attached hydrogens (tertiary/aromatic N) is 2. The largest absolute Gasteiger partial charge is 0.368 e. The van der Waals surface area contributed by atoms with Crippen molar-refractivity contribution in [3.05, 3.63) is 58.1 Å². The molecule has 3 amide bonds. The van der Waals surface area contributed by atoms with Gasteiger partial charge in [-0.15, -0.1) is 0 Å². The van der Waals surface area contributed by atoms with Crippen molar-refractivity contribution >= 4 is 39.2 Å². The molecule has 0 aliphatic carbocycles. The zero-order valence-electron chi connectivity index (χ0n) is 16.2. The molecule has 0 radical (unpaired) electrons. The first kappa shape index (κ1) is 20.2. The van der Waals surface area contributed by atoms with Crippen molar-refractivity contribution in [2.75, 3.05) is 42.9 Å². The lowest BCUT2D eigenvalue weighted by Crippen LogP contribution is -2.51. The number of anilines is 2. The van der Waals surface area contributed by atoms with Crippen LogP contribution in [0, 0.1) is 13.8 Å². The summed E-state index contributed by atoms with van der Waals surface area (Å²) in [7, 11) is 0. The van der Waals surface area contributed by atoms with Gasteiger partial charge in [-0.05, 0) is 49.2 Å². The van der Waals surface area contributed by atoms with Crippen LogP contribution < -0.4 is 15.5 Å². The van der Waals surface area contributed by atoms with Crippen LogP contribution in [0.4, 0.5) is 16.2 Å². The molecule has 1 heterocycles. The van der Waals surface area contributed by atoms with E-state index in [1.54, 1.807) is 4.90 Å². The highest BCUT2D eigenvalue weighted by Gasteiger charge is 2.21. The van der Waals surface area contributed by atoms with Crippen LogP contribution in [0.1, 0.15) is 11.1 Å². The monoisotopic (exact) mass is 444 g/mol. The van der Waals surface area contributed by atoms with Gasteiger partial charge >= 0.3 is 6.03 Å². The topological polar surface area (TPSA) is 64.7 Å². The van der Waals surface area contributed by atoms with Gasteiger partial charge in [0.05, 0.1) is 6.54 Å². The average Bonchev–Trinajstić information content (AvgIpc) is 2.69. The van der Waals surface area contributed by atoms with Gasteiger partial charge in [0.2, 0.25) is 5.91 Å². The number of para-hydroxylation sites is 1. The molecule has 1 saturated heterocycles. The number of amides is 3. The standard InChI is InChI=1S/C21H25BrN4O2/c1-15-12-17(22)13-16(2)20(15)24-21(28)23-14-19(27)26-10-8-25(9-11-26)18-6-4-3-5-7-18/h3-7,12-13H,8-11,14H2,1-2H3,(H2,23,24,28). The summed E-state index contributed by atoms with van der Waals surface area (Å²) in [5.41, 5.74) is 3.87. The molecule has 6 nitrogen and oxygen atoms in total. The maximum absolute atomic E-state index is 12.4. The van der Waals surface area contributed by atoms with Crippen molar-refractivity contribution in [2.24, 2.45) is 0 Å². The first-order valence-corrected chi connectivity index (χ1v) is 10.1. The first-order chi connectivity index (χ1) is 13.4. The number of benzene rings is 2. The third kappa shape index (κ3) is 5.04. The van der Waals surface area contributed by atoms with Gasteiger partial charge in [-0.2, -0.15) is 0 Å². The van der Waals surface area contributed by atoms with E-state index >= 15 is 0 Å². The van der Waals surface area contributed by atoms with E-state index in [2.05, 4.69) is 43.6 Å². The van der Waals surface area contributed by atoms with E-state index in [4.69, 9.17) is 0 Å². The van der Waals surface area contributed by atoms with E-state index in [1.165, 1.54) is 5.69 Å². The molecule has 1 fully saturated rings. The van der Waals surface area contributed by atoms with E-state index in [-0.39, 0.29) is 18.5 Å². The second-order valence-electron chi connectivity index (χ2n) is 6.93. The summed E-state index contributed by atoms with van der Waals surface area (Å²) < 4.78 is 0.971. The molecular weight excluding hydrogens is 420 g/mol. The van der Waals surface area contributed by atoms with Crippen LogP contribution in [0.15, 0.2) is 46.9 Å². The zero-order valence-corrected chi connectivity index (χ0v) is 17.8. The lowest BCUT2D eigenvalue weighted by Gasteiger charge is -2.36. The molecule has 0 bridgehead atoms. The SMILES string of the molecule is Cc1cc(Br)cc(C)c1NC(=O)NCC(=O)N1CCN(c2ccccc2)CC1. The van der Waals surface area contributed by atoms with Crippen molar-refractivity contribution < 1.29 is 9.59 Å². The van der Waals surface area contributed by atoms with Gasteiger partial charge in [0, 0.05) is 42.0 Å². The number of hydrogen-bond acceptors (Lipinski definition) is 3. The fraction of sp³-hybridized carbons (Fsp3) is 0.333. The third-order valence-electron chi connectivity index (χ3n) is 4.89. The molecule has 0 spiro atoms. The second kappa shape index (κ2) is 9.10. The third-order valence-corrected chi connectivity index (χ3v) is 5.35. The molecule has 0 atom stereocenters. The highest BCUT2D eigenvalue weighted by atomic mass is 79.9. The average molecular weight is 445 g/mol. The number of carbonyl (C=O) groups is 2. The molecule has 2 aromatic carbocycles. The molecule has 0 saturated carbocycles. The number of urea groups is 1. The van der Waals surface area contributed by atoms with Gasteiger partial charge in [0.1, 0.15) is 0 Å². The Morgan fingerprint density at radius 2 is 1.61 bits per heavy atom. The van der Waals surface area contributed by atoms with E-state index in [1.807, 2.05) is 44.2 Å². The van der Waals surface area contributed by atoms with Gasteiger partial charge in [-0.1, -0.05) is 34.1 Å². The van der Waals surface area contributed by atoms with Crippen LogP contribution >= 0.6 is 15.9 Å². The van der Waals surface area contributed by atoms with Crippen LogP contribution in [0.5, 0.6) is 0 Å². The predicted octanol–water partition coefficient (Wildman–Crippen LogP) is 3.54. The number of carbonyl (C=O) groups excluding carboxylic acids is 2. The first-order valence-electron chi connectivity index (χ1n) is 9.33. The molecule has 1 aliphatic rings. The predicted molar refractivity (Wildman–Crippen MR) is 116 cm³/mol. The lowest BCUT2D eigenvalue weighted by atomic mass is 10.1. The van der Waals surface area contributed by atoms with Gasteiger partial charge in [0.15, 0.2) is 0 Å². The van der Waals surface area contributed by atoms with Gasteiger partial charge in [-0.25, -0.2) is 4.79 Å². The van der Waals surface area contributed by atoms with Crippen molar-refractivity contribution in [3.63, 3.8) is 0 Å². The Bertz CT molecular complexity index is 826. The maximum Gasteiger partial charge on any atom is 0.319 e. The molecule has 0 unspecified atom stereocenters. The lowest BCUT2D eigenvalue weighted by molar-refractivity contribution is -0.130.